The lowest BCUT2D eigenvalue weighted by Gasteiger charge is -2.08. The smallest absolute Gasteiger partial charge is 0.343 e. The Bertz CT molecular complexity index is 1020. The Kier molecular flexibility index (Phi) is 6.44. The first-order valence-electron chi connectivity index (χ1n) is 8.66. The molecule has 0 saturated heterocycles. The van der Waals surface area contributed by atoms with Crippen molar-refractivity contribution in [3.63, 3.8) is 0 Å². The average Bonchev–Trinajstić information content (AvgIpc) is 2.75. The van der Waals surface area contributed by atoms with Crippen molar-refractivity contribution < 1.29 is 23.8 Å². The predicted octanol–water partition coefficient (Wildman–Crippen LogP) is 3.23. The zero-order valence-corrected chi connectivity index (χ0v) is 15.2. The van der Waals surface area contributed by atoms with Gasteiger partial charge in [-0.05, 0) is 53.6 Å². The van der Waals surface area contributed by atoms with Crippen LogP contribution in [0.1, 0.15) is 27.6 Å². The van der Waals surface area contributed by atoms with Crippen molar-refractivity contribution in [2.24, 2.45) is 5.10 Å². The zero-order valence-electron chi connectivity index (χ0n) is 15.2. The summed E-state index contributed by atoms with van der Waals surface area (Å²) >= 11 is 0. The van der Waals surface area contributed by atoms with E-state index in [4.69, 9.17) is 4.74 Å². The van der Waals surface area contributed by atoms with Gasteiger partial charge in [0.2, 0.25) is 0 Å². The number of esters is 1. The van der Waals surface area contributed by atoms with Crippen LogP contribution < -0.4 is 10.2 Å². The minimum Gasteiger partial charge on any atom is -0.423 e. The van der Waals surface area contributed by atoms with Crippen molar-refractivity contribution in [3.8, 4) is 5.75 Å². The Morgan fingerprint density at radius 3 is 2.41 bits per heavy atom. The van der Waals surface area contributed by atoms with E-state index < -0.39 is 23.8 Å². The molecule has 7 heteroatoms. The highest BCUT2D eigenvalue weighted by atomic mass is 19.1. The number of hydrogen-bond acceptors (Lipinski definition) is 5. The van der Waals surface area contributed by atoms with Gasteiger partial charge >= 0.3 is 5.97 Å². The lowest BCUT2D eigenvalue weighted by molar-refractivity contribution is -0.129. The maximum absolute atomic E-state index is 13.2. The van der Waals surface area contributed by atoms with Crippen LogP contribution in [0, 0.1) is 5.82 Å². The van der Waals surface area contributed by atoms with Crippen LogP contribution in [0.15, 0.2) is 84.0 Å². The second-order valence-corrected chi connectivity index (χ2v) is 6.02. The lowest BCUT2D eigenvalue weighted by Crippen LogP contribution is -2.25. The molecular weight excluding hydrogens is 375 g/mol. The molecule has 3 aromatic carbocycles. The molecule has 3 aromatic rings. The third kappa shape index (κ3) is 5.57. The number of aliphatic hydroxyl groups excluding tert-OH is 1. The number of hydrogen-bond donors (Lipinski definition) is 2. The summed E-state index contributed by atoms with van der Waals surface area (Å²) in [6.07, 6.45) is 0.0614. The van der Waals surface area contributed by atoms with E-state index in [0.29, 0.717) is 11.1 Å². The summed E-state index contributed by atoms with van der Waals surface area (Å²) in [6.45, 7) is 0. The van der Waals surface area contributed by atoms with Crippen LogP contribution in [0.3, 0.4) is 0 Å². The maximum Gasteiger partial charge on any atom is 0.343 e. The van der Waals surface area contributed by atoms with Gasteiger partial charge < -0.3 is 9.84 Å². The van der Waals surface area contributed by atoms with Gasteiger partial charge in [-0.1, -0.05) is 36.4 Å². The number of nitrogens with zero attached hydrogens (tertiary/aromatic N) is 1. The molecule has 0 bridgehead atoms. The van der Waals surface area contributed by atoms with E-state index in [0.717, 1.165) is 6.07 Å². The fourth-order valence-electron chi connectivity index (χ4n) is 2.42. The maximum atomic E-state index is 13.2. The highest BCUT2D eigenvalue weighted by Crippen LogP contribution is 2.15. The number of hydrazone groups is 1. The number of benzene rings is 3. The summed E-state index contributed by atoms with van der Waals surface area (Å²) in [5, 5.41) is 13.8. The van der Waals surface area contributed by atoms with Crippen LogP contribution in [0.25, 0.3) is 0 Å². The first-order valence-corrected chi connectivity index (χ1v) is 8.66. The summed E-state index contributed by atoms with van der Waals surface area (Å²) in [7, 11) is 0. The van der Waals surface area contributed by atoms with Gasteiger partial charge in [-0.15, -0.1) is 0 Å². The Hall–Kier alpha value is -3.84. The standard InChI is InChI=1S/C22H17FN2O4/c23-18-8-4-7-17(13-18)22(28)29-19-11-9-15(10-12-19)14-24-25-21(27)20(26)16-5-2-1-3-6-16/h1-14,20,26H,(H,25,27)/b24-14+. The quantitative estimate of drug-likeness (QED) is 0.292. The lowest BCUT2D eigenvalue weighted by atomic mass is 10.1. The number of nitrogens with one attached hydrogen (secondary N) is 1. The van der Waals surface area contributed by atoms with Gasteiger partial charge in [-0.25, -0.2) is 14.6 Å². The molecule has 29 heavy (non-hydrogen) atoms. The highest BCUT2D eigenvalue weighted by molar-refractivity contribution is 5.91. The van der Waals surface area contributed by atoms with E-state index in [1.807, 2.05) is 0 Å². The fraction of sp³-hybridized carbons (Fsp3) is 0.0455. The first kappa shape index (κ1) is 19.9. The van der Waals surface area contributed by atoms with Gasteiger partial charge in [-0.2, -0.15) is 5.10 Å². The van der Waals surface area contributed by atoms with Crippen LogP contribution in [-0.2, 0) is 4.79 Å². The minimum atomic E-state index is -1.32. The fourth-order valence-corrected chi connectivity index (χ4v) is 2.42. The Morgan fingerprint density at radius 2 is 1.72 bits per heavy atom. The molecule has 0 aliphatic carbocycles. The molecule has 1 atom stereocenters. The third-order valence-electron chi connectivity index (χ3n) is 3.90. The first-order chi connectivity index (χ1) is 14.0. The second kappa shape index (κ2) is 9.38. The molecule has 3 rings (SSSR count). The summed E-state index contributed by atoms with van der Waals surface area (Å²) < 4.78 is 18.4. The van der Waals surface area contributed by atoms with Crippen molar-refractivity contribution in [1.29, 1.82) is 0 Å². The number of aliphatic hydroxyl groups is 1. The number of amides is 1. The number of carbonyl (C=O) groups excluding carboxylic acids is 2. The van der Waals surface area contributed by atoms with Crippen molar-refractivity contribution in [2.75, 3.05) is 0 Å². The third-order valence-corrected chi connectivity index (χ3v) is 3.90. The molecule has 1 amide bonds. The largest absolute Gasteiger partial charge is 0.423 e. The van der Waals surface area contributed by atoms with E-state index in [2.05, 4.69) is 10.5 Å². The van der Waals surface area contributed by atoms with Gasteiger partial charge in [0.25, 0.3) is 5.91 Å². The average molecular weight is 392 g/mol. The van der Waals surface area contributed by atoms with Crippen molar-refractivity contribution in [1.82, 2.24) is 5.43 Å². The summed E-state index contributed by atoms with van der Waals surface area (Å²) in [5.74, 6) is -1.58. The molecule has 2 N–H and O–H groups in total. The van der Waals surface area contributed by atoms with Crippen LogP contribution in [0.5, 0.6) is 5.75 Å². The van der Waals surface area contributed by atoms with Gasteiger partial charge in [-0.3, -0.25) is 4.79 Å². The second-order valence-electron chi connectivity index (χ2n) is 6.02. The minimum absolute atomic E-state index is 0.107. The van der Waals surface area contributed by atoms with E-state index in [-0.39, 0.29) is 11.3 Å². The number of carbonyl (C=O) groups is 2. The van der Waals surface area contributed by atoms with E-state index >= 15 is 0 Å². The molecule has 0 aromatic heterocycles. The van der Waals surface area contributed by atoms with Gasteiger partial charge in [0, 0.05) is 0 Å². The molecule has 1 unspecified atom stereocenters. The molecule has 0 spiro atoms. The van der Waals surface area contributed by atoms with Crippen molar-refractivity contribution >= 4 is 18.1 Å². The van der Waals surface area contributed by atoms with Crippen molar-refractivity contribution in [3.05, 3.63) is 101 Å². The predicted molar refractivity (Wildman–Crippen MR) is 105 cm³/mol. The molecular formula is C22H17FN2O4. The monoisotopic (exact) mass is 392 g/mol. The van der Waals surface area contributed by atoms with Crippen LogP contribution >= 0.6 is 0 Å². The highest BCUT2D eigenvalue weighted by Gasteiger charge is 2.16. The SMILES string of the molecule is O=C(Oc1ccc(/C=N/NC(=O)C(O)c2ccccc2)cc1)c1cccc(F)c1. The zero-order chi connectivity index (χ0) is 20.6. The molecule has 146 valence electrons. The van der Waals surface area contributed by atoms with Crippen LogP contribution in [0.4, 0.5) is 4.39 Å². The molecule has 0 heterocycles. The normalized spacial score (nSPS) is 11.8. The molecule has 6 nitrogen and oxygen atoms in total. The van der Waals surface area contributed by atoms with E-state index in [1.165, 1.54) is 24.4 Å². The molecule has 0 radical (unpaired) electrons. The van der Waals surface area contributed by atoms with E-state index in [1.54, 1.807) is 54.6 Å². The Labute approximate surface area is 166 Å². The summed E-state index contributed by atoms with van der Waals surface area (Å²) in [5.41, 5.74) is 3.46. The molecule has 0 saturated carbocycles. The summed E-state index contributed by atoms with van der Waals surface area (Å²) in [6, 6.07) is 20.0. The summed E-state index contributed by atoms with van der Waals surface area (Å²) in [4.78, 5) is 23.9. The number of rotatable bonds is 6. The van der Waals surface area contributed by atoms with Crippen LogP contribution in [0.2, 0.25) is 0 Å². The van der Waals surface area contributed by atoms with E-state index in [9.17, 15) is 19.1 Å². The molecule has 0 aliphatic heterocycles. The van der Waals surface area contributed by atoms with Gasteiger partial charge in [0.15, 0.2) is 6.10 Å². The number of ether oxygens (including phenoxy) is 1. The Balaban J connectivity index is 1.55. The molecule has 0 aliphatic rings. The molecule has 0 fully saturated rings. The van der Waals surface area contributed by atoms with Crippen LogP contribution in [-0.4, -0.2) is 23.2 Å². The van der Waals surface area contributed by atoms with Gasteiger partial charge in [0.1, 0.15) is 11.6 Å². The Morgan fingerprint density at radius 1 is 1.00 bits per heavy atom. The van der Waals surface area contributed by atoms with Crippen molar-refractivity contribution in [2.45, 2.75) is 6.10 Å². The van der Waals surface area contributed by atoms with Gasteiger partial charge in [0.05, 0.1) is 11.8 Å². The topological polar surface area (TPSA) is 88.0 Å². The number of halogens is 1.